The van der Waals surface area contributed by atoms with Crippen LogP contribution in [0.3, 0.4) is 0 Å². The maximum Gasteiger partial charge on any atom is 0.307 e. The molecule has 0 aliphatic heterocycles. The van der Waals surface area contributed by atoms with Crippen LogP contribution in [0.4, 0.5) is 0 Å². The first-order chi connectivity index (χ1) is 8.86. The standard InChI is InChI=1S/C12H16BrNO4S/c1-2-4-9(12(15)16)8-14-19(17,18)11-6-3-5-10(13)7-11/h3,5-7,9,14H,2,4,8H2,1H3,(H,15,16). The van der Waals surface area contributed by atoms with Crippen LogP contribution in [-0.2, 0) is 14.8 Å². The molecular formula is C12H16BrNO4S. The van der Waals surface area contributed by atoms with E-state index in [1.165, 1.54) is 12.1 Å². The second-order valence-electron chi connectivity index (χ2n) is 4.13. The van der Waals surface area contributed by atoms with Crippen molar-refractivity contribution < 1.29 is 18.3 Å². The van der Waals surface area contributed by atoms with Gasteiger partial charge in [-0.1, -0.05) is 35.3 Å². The summed E-state index contributed by atoms with van der Waals surface area (Å²) in [6.45, 7) is 1.76. The topological polar surface area (TPSA) is 83.5 Å². The maximum absolute atomic E-state index is 12.0. The quantitative estimate of drug-likeness (QED) is 0.790. The highest BCUT2D eigenvalue weighted by Crippen LogP contribution is 2.16. The zero-order valence-corrected chi connectivity index (χ0v) is 12.9. The zero-order valence-electron chi connectivity index (χ0n) is 10.5. The third-order valence-corrected chi connectivity index (χ3v) is 4.53. The van der Waals surface area contributed by atoms with E-state index in [-0.39, 0.29) is 11.4 Å². The van der Waals surface area contributed by atoms with E-state index in [0.29, 0.717) is 17.3 Å². The van der Waals surface area contributed by atoms with Crippen LogP contribution in [0.25, 0.3) is 0 Å². The molecule has 1 atom stereocenters. The van der Waals surface area contributed by atoms with Crippen molar-refractivity contribution in [1.82, 2.24) is 4.72 Å². The van der Waals surface area contributed by atoms with Gasteiger partial charge in [0.25, 0.3) is 0 Å². The first-order valence-corrected chi connectivity index (χ1v) is 8.12. The van der Waals surface area contributed by atoms with Crippen LogP contribution < -0.4 is 4.72 Å². The minimum atomic E-state index is -3.67. The van der Waals surface area contributed by atoms with Crippen LogP contribution >= 0.6 is 15.9 Å². The Balaban J connectivity index is 2.77. The third kappa shape index (κ3) is 4.93. The maximum atomic E-state index is 12.0. The van der Waals surface area contributed by atoms with Crippen molar-refractivity contribution in [2.75, 3.05) is 6.54 Å². The molecule has 19 heavy (non-hydrogen) atoms. The lowest BCUT2D eigenvalue weighted by molar-refractivity contribution is -0.141. The second-order valence-corrected chi connectivity index (χ2v) is 6.82. The van der Waals surface area contributed by atoms with Gasteiger partial charge in [-0.3, -0.25) is 4.79 Å². The molecular weight excluding hydrogens is 334 g/mol. The molecule has 0 bridgehead atoms. The average molecular weight is 350 g/mol. The van der Waals surface area contributed by atoms with Gasteiger partial charge in [-0.05, 0) is 24.6 Å². The summed E-state index contributed by atoms with van der Waals surface area (Å²) >= 11 is 3.20. The van der Waals surface area contributed by atoms with Gasteiger partial charge in [-0.25, -0.2) is 13.1 Å². The van der Waals surface area contributed by atoms with Gasteiger partial charge in [0.1, 0.15) is 0 Å². The molecule has 0 aliphatic rings. The van der Waals surface area contributed by atoms with E-state index in [1.54, 1.807) is 12.1 Å². The summed E-state index contributed by atoms with van der Waals surface area (Å²) in [4.78, 5) is 11.1. The van der Waals surface area contributed by atoms with E-state index in [2.05, 4.69) is 20.7 Å². The molecule has 1 rings (SSSR count). The lowest BCUT2D eigenvalue weighted by atomic mass is 10.1. The van der Waals surface area contributed by atoms with E-state index in [0.717, 1.165) is 0 Å². The smallest absolute Gasteiger partial charge is 0.307 e. The van der Waals surface area contributed by atoms with Gasteiger partial charge >= 0.3 is 5.97 Å². The van der Waals surface area contributed by atoms with Gasteiger partial charge < -0.3 is 5.11 Å². The molecule has 0 amide bonds. The Labute approximate surface area is 121 Å². The number of hydrogen-bond donors (Lipinski definition) is 2. The summed E-state index contributed by atoms with van der Waals surface area (Å²) in [7, 11) is -3.67. The number of aliphatic carboxylic acids is 1. The minimum absolute atomic E-state index is 0.0992. The van der Waals surface area contributed by atoms with Crippen molar-refractivity contribution >= 4 is 31.9 Å². The van der Waals surface area contributed by atoms with Crippen molar-refractivity contribution in [3.05, 3.63) is 28.7 Å². The van der Waals surface area contributed by atoms with Gasteiger partial charge in [-0.2, -0.15) is 0 Å². The number of carboxylic acids is 1. The van der Waals surface area contributed by atoms with E-state index in [1.807, 2.05) is 6.92 Å². The first kappa shape index (κ1) is 16.1. The van der Waals surface area contributed by atoms with Gasteiger partial charge in [0, 0.05) is 11.0 Å². The monoisotopic (exact) mass is 349 g/mol. The molecule has 0 saturated carbocycles. The van der Waals surface area contributed by atoms with Gasteiger partial charge in [0.05, 0.1) is 10.8 Å². The number of sulfonamides is 1. The summed E-state index contributed by atoms with van der Waals surface area (Å²) < 4.78 is 27.0. The van der Waals surface area contributed by atoms with Gasteiger partial charge in [0.2, 0.25) is 10.0 Å². The minimum Gasteiger partial charge on any atom is -0.481 e. The summed E-state index contributed by atoms with van der Waals surface area (Å²) in [5.74, 6) is -1.69. The fourth-order valence-electron chi connectivity index (χ4n) is 1.59. The van der Waals surface area contributed by atoms with Crippen molar-refractivity contribution in [2.45, 2.75) is 24.7 Å². The van der Waals surface area contributed by atoms with Crippen molar-refractivity contribution in [3.8, 4) is 0 Å². The molecule has 0 aromatic heterocycles. The molecule has 0 spiro atoms. The number of benzene rings is 1. The van der Waals surface area contributed by atoms with Gasteiger partial charge in [-0.15, -0.1) is 0 Å². The number of carbonyl (C=O) groups is 1. The van der Waals surface area contributed by atoms with Crippen LogP contribution in [0.2, 0.25) is 0 Å². The fraction of sp³-hybridized carbons (Fsp3) is 0.417. The van der Waals surface area contributed by atoms with Crippen molar-refractivity contribution in [3.63, 3.8) is 0 Å². The highest BCUT2D eigenvalue weighted by molar-refractivity contribution is 9.10. The normalized spacial score (nSPS) is 13.2. The number of halogens is 1. The molecule has 0 heterocycles. The zero-order chi connectivity index (χ0) is 14.5. The Hall–Kier alpha value is -0.920. The Kier molecular flexibility index (Phi) is 5.96. The number of nitrogens with one attached hydrogen (secondary N) is 1. The Morgan fingerprint density at radius 3 is 2.68 bits per heavy atom. The van der Waals surface area contributed by atoms with Crippen molar-refractivity contribution in [1.29, 1.82) is 0 Å². The number of carboxylic acid groups (broad SMARTS) is 1. The molecule has 5 nitrogen and oxygen atoms in total. The molecule has 1 aromatic carbocycles. The Morgan fingerprint density at radius 1 is 1.47 bits per heavy atom. The summed E-state index contributed by atoms with van der Waals surface area (Å²) in [5.41, 5.74) is 0. The SMILES string of the molecule is CCCC(CNS(=O)(=O)c1cccc(Br)c1)C(=O)O. The summed E-state index contributed by atoms with van der Waals surface area (Å²) in [6.07, 6.45) is 1.13. The molecule has 0 radical (unpaired) electrons. The first-order valence-electron chi connectivity index (χ1n) is 5.85. The second kappa shape index (κ2) is 7.02. The van der Waals surface area contributed by atoms with E-state index < -0.39 is 21.9 Å². The third-order valence-electron chi connectivity index (χ3n) is 2.61. The molecule has 1 unspecified atom stereocenters. The molecule has 0 saturated heterocycles. The van der Waals surface area contributed by atoms with E-state index in [4.69, 9.17) is 5.11 Å². The molecule has 0 aliphatic carbocycles. The fourth-order valence-corrected chi connectivity index (χ4v) is 3.27. The highest BCUT2D eigenvalue weighted by Gasteiger charge is 2.21. The molecule has 2 N–H and O–H groups in total. The predicted octanol–water partition coefficient (Wildman–Crippen LogP) is 2.23. The van der Waals surface area contributed by atoms with Crippen LogP contribution in [0, 0.1) is 5.92 Å². The molecule has 1 aromatic rings. The summed E-state index contributed by atoms with van der Waals surface area (Å²) in [5, 5.41) is 8.97. The highest BCUT2D eigenvalue weighted by atomic mass is 79.9. The molecule has 7 heteroatoms. The Morgan fingerprint density at radius 2 is 2.16 bits per heavy atom. The van der Waals surface area contributed by atoms with Crippen LogP contribution in [0.5, 0.6) is 0 Å². The average Bonchev–Trinajstić information content (AvgIpc) is 2.34. The van der Waals surface area contributed by atoms with Gasteiger partial charge in [0.15, 0.2) is 0 Å². The van der Waals surface area contributed by atoms with Crippen LogP contribution in [0.15, 0.2) is 33.6 Å². The largest absolute Gasteiger partial charge is 0.481 e. The van der Waals surface area contributed by atoms with E-state index in [9.17, 15) is 13.2 Å². The lowest BCUT2D eigenvalue weighted by Crippen LogP contribution is -2.32. The van der Waals surface area contributed by atoms with E-state index >= 15 is 0 Å². The lowest BCUT2D eigenvalue weighted by Gasteiger charge is -2.12. The predicted molar refractivity (Wildman–Crippen MR) is 75.4 cm³/mol. The molecule has 0 fully saturated rings. The number of rotatable bonds is 7. The number of hydrogen-bond acceptors (Lipinski definition) is 3. The van der Waals surface area contributed by atoms with Crippen molar-refractivity contribution in [2.24, 2.45) is 5.92 Å². The van der Waals surface area contributed by atoms with Crippen LogP contribution in [0.1, 0.15) is 19.8 Å². The Bertz CT molecular complexity index is 544. The molecule has 106 valence electrons. The van der Waals surface area contributed by atoms with Crippen LogP contribution in [-0.4, -0.2) is 26.0 Å². The summed E-state index contributed by atoms with van der Waals surface area (Å²) in [6, 6.07) is 6.26.